The van der Waals surface area contributed by atoms with Crippen molar-refractivity contribution in [1.29, 1.82) is 0 Å². The van der Waals surface area contributed by atoms with Gasteiger partial charge < -0.3 is 9.47 Å². The molecule has 2 aromatic carbocycles. The first-order valence-corrected chi connectivity index (χ1v) is 8.32. The van der Waals surface area contributed by atoms with Crippen LogP contribution in [0.4, 0.5) is 17.3 Å². The average Bonchev–Trinajstić information content (AvgIpc) is 3.03. The van der Waals surface area contributed by atoms with Crippen LogP contribution in [0.15, 0.2) is 65.1 Å². The first-order valence-electron chi connectivity index (χ1n) is 8.32. The lowest BCUT2D eigenvalue weighted by Crippen LogP contribution is -2.21. The Kier molecular flexibility index (Phi) is 5.18. The standard InChI is InChI=1S/C19H22N6/c1-4-25(13-16-7-5-6-15(2)12-16)18-10-8-17(9-11-18)21-23-19-22-20-14-24(19)3/h5-12,14H,4,13H2,1-3H3/b23-21+. The molecule has 3 rings (SSSR count). The summed E-state index contributed by atoms with van der Waals surface area (Å²) < 4.78 is 1.72. The van der Waals surface area contributed by atoms with E-state index < -0.39 is 0 Å². The van der Waals surface area contributed by atoms with Crippen LogP contribution in [-0.4, -0.2) is 21.3 Å². The SMILES string of the molecule is CCN(Cc1cccc(C)c1)c1ccc(/N=N/c2nncn2C)cc1. The summed E-state index contributed by atoms with van der Waals surface area (Å²) in [6, 6.07) is 16.7. The predicted molar refractivity (Wildman–Crippen MR) is 99.5 cm³/mol. The minimum Gasteiger partial charge on any atom is -0.367 e. The van der Waals surface area contributed by atoms with Crippen LogP contribution in [0.25, 0.3) is 0 Å². The molecule has 1 aromatic heterocycles. The van der Waals surface area contributed by atoms with Crippen LogP contribution in [-0.2, 0) is 13.6 Å². The van der Waals surface area contributed by atoms with Gasteiger partial charge >= 0.3 is 0 Å². The van der Waals surface area contributed by atoms with Gasteiger partial charge in [-0.1, -0.05) is 29.8 Å². The fourth-order valence-corrected chi connectivity index (χ4v) is 2.62. The summed E-state index contributed by atoms with van der Waals surface area (Å²) in [5.74, 6) is 0.485. The van der Waals surface area contributed by atoms with Crippen LogP contribution >= 0.6 is 0 Å². The molecule has 1 heterocycles. The second-order valence-corrected chi connectivity index (χ2v) is 5.96. The highest BCUT2D eigenvalue weighted by atomic mass is 15.3. The molecular weight excluding hydrogens is 312 g/mol. The van der Waals surface area contributed by atoms with Crippen LogP contribution in [0, 0.1) is 6.92 Å². The molecule has 6 nitrogen and oxygen atoms in total. The number of anilines is 1. The van der Waals surface area contributed by atoms with E-state index in [0.29, 0.717) is 5.95 Å². The van der Waals surface area contributed by atoms with E-state index in [9.17, 15) is 0 Å². The van der Waals surface area contributed by atoms with Crippen LogP contribution in [0.1, 0.15) is 18.1 Å². The van der Waals surface area contributed by atoms with Crippen LogP contribution in [0.2, 0.25) is 0 Å². The minimum atomic E-state index is 0.485. The second-order valence-electron chi connectivity index (χ2n) is 5.96. The van der Waals surface area contributed by atoms with E-state index >= 15 is 0 Å². The zero-order valence-corrected chi connectivity index (χ0v) is 14.8. The minimum absolute atomic E-state index is 0.485. The molecule has 0 amide bonds. The van der Waals surface area contributed by atoms with Gasteiger partial charge in [-0.3, -0.25) is 0 Å². The molecule has 128 valence electrons. The predicted octanol–water partition coefficient (Wildman–Crippen LogP) is 4.57. The largest absolute Gasteiger partial charge is 0.367 e. The van der Waals surface area contributed by atoms with Gasteiger partial charge in [-0.2, -0.15) is 0 Å². The number of hydrogen-bond donors (Lipinski definition) is 0. The smallest absolute Gasteiger partial charge is 0.269 e. The molecule has 25 heavy (non-hydrogen) atoms. The summed E-state index contributed by atoms with van der Waals surface area (Å²) >= 11 is 0. The molecule has 6 heteroatoms. The molecule has 0 N–H and O–H groups in total. The van der Waals surface area contributed by atoms with Gasteiger partial charge in [-0.15, -0.1) is 20.4 Å². The summed E-state index contributed by atoms with van der Waals surface area (Å²) in [6.07, 6.45) is 1.60. The van der Waals surface area contributed by atoms with Gasteiger partial charge in [0.15, 0.2) is 0 Å². The summed E-state index contributed by atoms with van der Waals surface area (Å²) in [4.78, 5) is 2.33. The first kappa shape index (κ1) is 16.8. The number of aromatic nitrogens is 3. The molecular formula is C19H22N6. The zero-order chi connectivity index (χ0) is 17.6. The van der Waals surface area contributed by atoms with Crippen molar-refractivity contribution in [2.24, 2.45) is 17.3 Å². The molecule has 0 radical (unpaired) electrons. The van der Waals surface area contributed by atoms with Crippen molar-refractivity contribution >= 4 is 17.3 Å². The fraction of sp³-hybridized carbons (Fsp3) is 0.263. The third-order valence-electron chi connectivity index (χ3n) is 3.99. The molecule has 0 aliphatic carbocycles. The van der Waals surface area contributed by atoms with Crippen molar-refractivity contribution in [2.45, 2.75) is 20.4 Å². The Bertz CT molecular complexity index is 850. The lowest BCUT2D eigenvalue weighted by Gasteiger charge is -2.23. The molecule has 0 saturated carbocycles. The molecule has 0 aliphatic rings. The Morgan fingerprint density at radius 3 is 2.52 bits per heavy atom. The Balaban J connectivity index is 1.71. The van der Waals surface area contributed by atoms with Crippen LogP contribution in [0.3, 0.4) is 0 Å². The highest BCUT2D eigenvalue weighted by Crippen LogP contribution is 2.23. The van der Waals surface area contributed by atoms with Crippen LogP contribution < -0.4 is 4.90 Å². The highest BCUT2D eigenvalue weighted by Gasteiger charge is 2.06. The van der Waals surface area contributed by atoms with Crippen LogP contribution in [0.5, 0.6) is 0 Å². The second kappa shape index (κ2) is 7.70. The maximum absolute atomic E-state index is 4.21. The molecule has 0 unspecified atom stereocenters. The Morgan fingerprint density at radius 1 is 1.08 bits per heavy atom. The number of nitrogens with zero attached hydrogens (tertiary/aromatic N) is 6. The van der Waals surface area contributed by atoms with E-state index in [2.05, 4.69) is 75.6 Å². The number of aryl methyl sites for hydroxylation is 2. The Morgan fingerprint density at radius 2 is 1.88 bits per heavy atom. The maximum atomic E-state index is 4.21. The molecule has 0 bridgehead atoms. The van der Waals surface area contributed by atoms with Gasteiger partial charge in [0.1, 0.15) is 6.33 Å². The molecule has 0 fully saturated rings. The van der Waals surface area contributed by atoms with Crippen molar-refractivity contribution in [3.63, 3.8) is 0 Å². The third kappa shape index (κ3) is 4.29. The topological polar surface area (TPSA) is 58.7 Å². The molecule has 0 atom stereocenters. The molecule has 0 saturated heterocycles. The highest BCUT2D eigenvalue weighted by molar-refractivity contribution is 5.53. The first-order chi connectivity index (χ1) is 12.2. The molecule has 0 aliphatic heterocycles. The van der Waals surface area contributed by atoms with Gasteiger partial charge in [0.25, 0.3) is 5.95 Å². The van der Waals surface area contributed by atoms with E-state index in [4.69, 9.17) is 0 Å². The van der Waals surface area contributed by atoms with Crippen molar-refractivity contribution in [3.05, 3.63) is 66.0 Å². The van der Waals surface area contributed by atoms with Gasteiger partial charge in [-0.25, -0.2) is 0 Å². The molecule has 0 spiro atoms. The van der Waals surface area contributed by atoms with Gasteiger partial charge in [0.05, 0.1) is 5.69 Å². The normalized spacial score (nSPS) is 11.2. The zero-order valence-electron chi connectivity index (χ0n) is 14.8. The van der Waals surface area contributed by atoms with Gasteiger partial charge in [0.2, 0.25) is 0 Å². The summed E-state index contributed by atoms with van der Waals surface area (Å²) in [5, 5.41) is 16.0. The van der Waals surface area contributed by atoms with E-state index in [-0.39, 0.29) is 0 Å². The van der Waals surface area contributed by atoms with Crippen molar-refractivity contribution < 1.29 is 0 Å². The maximum Gasteiger partial charge on any atom is 0.269 e. The van der Waals surface area contributed by atoms with Crippen molar-refractivity contribution in [1.82, 2.24) is 14.8 Å². The van der Waals surface area contributed by atoms with E-state index in [1.54, 1.807) is 10.9 Å². The lowest BCUT2D eigenvalue weighted by atomic mass is 10.1. The molecule has 3 aromatic rings. The number of hydrogen-bond acceptors (Lipinski definition) is 5. The fourth-order valence-electron chi connectivity index (χ4n) is 2.62. The van der Waals surface area contributed by atoms with E-state index in [0.717, 1.165) is 18.8 Å². The van der Waals surface area contributed by atoms with Gasteiger partial charge in [-0.05, 0) is 43.7 Å². The number of rotatable bonds is 6. The third-order valence-corrected chi connectivity index (χ3v) is 3.99. The lowest BCUT2D eigenvalue weighted by molar-refractivity contribution is 0.831. The Labute approximate surface area is 147 Å². The van der Waals surface area contributed by atoms with Crippen molar-refractivity contribution in [2.75, 3.05) is 11.4 Å². The monoisotopic (exact) mass is 334 g/mol. The number of azo groups is 1. The summed E-state index contributed by atoms with van der Waals surface area (Å²) in [7, 11) is 1.84. The number of benzene rings is 2. The van der Waals surface area contributed by atoms with E-state index in [1.807, 2.05) is 19.2 Å². The summed E-state index contributed by atoms with van der Waals surface area (Å²) in [6.45, 7) is 6.11. The Hall–Kier alpha value is -3.02. The quantitative estimate of drug-likeness (QED) is 0.621. The average molecular weight is 334 g/mol. The van der Waals surface area contributed by atoms with Crippen molar-refractivity contribution in [3.8, 4) is 0 Å². The summed E-state index contributed by atoms with van der Waals surface area (Å²) in [5.41, 5.74) is 4.56. The van der Waals surface area contributed by atoms with E-state index in [1.165, 1.54) is 16.8 Å². The van der Waals surface area contributed by atoms with Gasteiger partial charge in [0, 0.05) is 25.8 Å².